The Bertz CT molecular complexity index is 439. The minimum atomic E-state index is -0.287. The van der Waals surface area contributed by atoms with E-state index in [1.54, 1.807) is 0 Å². The van der Waals surface area contributed by atoms with Crippen molar-refractivity contribution in [1.29, 1.82) is 0 Å². The van der Waals surface area contributed by atoms with Crippen LogP contribution in [-0.2, 0) is 0 Å². The van der Waals surface area contributed by atoms with Crippen LogP contribution in [0.4, 0.5) is 0 Å². The molecule has 1 aliphatic rings. The summed E-state index contributed by atoms with van der Waals surface area (Å²) in [5.41, 5.74) is 2.53. The fourth-order valence-corrected chi connectivity index (χ4v) is 2.75. The number of ether oxygens (including phenoxy) is 1. The fourth-order valence-electron chi connectivity index (χ4n) is 2.75. The summed E-state index contributed by atoms with van der Waals surface area (Å²) in [6, 6.07) is 6.14. The van der Waals surface area contributed by atoms with E-state index >= 15 is 0 Å². The van der Waals surface area contributed by atoms with Crippen LogP contribution in [0.5, 0.6) is 5.75 Å². The molecule has 0 spiro atoms. The zero-order valence-corrected chi connectivity index (χ0v) is 13.6. The van der Waals surface area contributed by atoms with E-state index < -0.39 is 0 Å². The first-order valence-electron chi connectivity index (χ1n) is 8.15. The third kappa shape index (κ3) is 5.33. The van der Waals surface area contributed by atoms with Crippen LogP contribution in [0.25, 0.3) is 0 Å². The Balaban J connectivity index is 1.66. The topological polar surface area (TPSA) is 32.7 Å². The summed E-state index contributed by atoms with van der Waals surface area (Å²) in [5.74, 6) is 1.74. The number of likely N-dealkylation sites (tertiary alicyclic amines) is 1. The van der Waals surface area contributed by atoms with Gasteiger partial charge in [-0.2, -0.15) is 0 Å². The lowest BCUT2D eigenvalue weighted by Crippen LogP contribution is -2.38. The van der Waals surface area contributed by atoms with Gasteiger partial charge in [0.1, 0.15) is 5.75 Å². The maximum Gasteiger partial charge on any atom is 0.119 e. The number of aryl methyl sites for hydroxylation is 2. The van der Waals surface area contributed by atoms with Gasteiger partial charge in [-0.1, -0.05) is 13.0 Å². The molecule has 0 radical (unpaired) electrons. The lowest BCUT2D eigenvalue weighted by Gasteiger charge is -2.31. The molecule has 2 rings (SSSR count). The van der Waals surface area contributed by atoms with Gasteiger partial charge in [-0.15, -0.1) is 0 Å². The molecule has 118 valence electrons. The Morgan fingerprint density at radius 2 is 1.95 bits per heavy atom. The van der Waals surface area contributed by atoms with Crippen LogP contribution in [0, 0.1) is 19.8 Å². The number of aliphatic hydroxyl groups excluding tert-OH is 1. The highest BCUT2D eigenvalue weighted by Crippen LogP contribution is 2.18. The summed E-state index contributed by atoms with van der Waals surface area (Å²) in [5, 5.41) is 10.1. The number of β-amino-alcohol motifs (C(OH)–C–C–N with tert-alkyl or cyclic N) is 1. The summed E-state index contributed by atoms with van der Waals surface area (Å²) < 4.78 is 5.74. The van der Waals surface area contributed by atoms with Gasteiger partial charge >= 0.3 is 0 Å². The summed E-state index contributed by atoms with van der Waals surface area (Å²) in [4.78, 5) is 2.38. The summed E-state index contributed by atoms with van der Waals surface area (Å²) >= 11 is 0. The van der Waals surface area contributed by atoms with E-state index in [2.05, 4.69) is 37.8 Å². The molecule has 1 aromatic rings. The average molecular weight is 291 g/mol. The van der Waals surface area contributed by atoms with E-state index in [1.807, 2.05) is 6.07 Å². The summed E-state index contributed by atoms with van der Waals surface area (Å²) in [6.07, 6.45) is 2.92. The first-order chi connectivity index (χ1) is 10.0. The number of nitrogens with zero attached hydrogens (tertiary/aromatic N) is 1. The van der Waals surface area contributed by atoms with Crippen molar-refractivity contribution in [2.24, 2.45) is 5.92 Å². The average Bonchev–Trinajstić information content (AvgIpc) is 2.45. The van der Waals surface area contributed by atoms with Crippen molar-refractivity contribution in [1.82, 2.24) is 4.90 Å². The molecule has 1 aliphatic heterocycles. The van der Waals surface area contributed by atoms with Crippen molar-refractivity contribution in [2.75, 3.05) is 26.2 Å². The maximum atomic E-state index is 10.1. The molecule has 0 saturated carbocycles. The standard InChI is InChI=1S/C18H29NO2/c1-14-6-9-19(10-7-14)13-17(20)8-11-21-18-5-4-15(2)16(3)12-18/h4-5,12,14,17,20H,6-11,13H2,1-3H3/t17-/m1/s1. The van der Waals surface area contributed by atoms with Gasteiger partial charge in [-0.05, 0) is 69.0 Å². The van der Waals surface area contributed by atoms with E-state index in [9.17, 15) is 5.11 Å². The molecule has 1 N–H and O–H groups in total. The second kappa shape index (κ2) is 7.81. The lowest BCUT2D eigenvalue weighted by atomic mass is 9.99. The van der Waals surface area contributed by atoms with E-state index in [4.69, 9.17) is 4.74 Å². The number of hydrogen-bond acceptors (Lipinski definition) is 3. The molecule has 0 aromatic heterocycles. The number of hydrogen-bond donors (Lipinski definition) is 1. The molecule has 1 aromatic carbocycles. The molecule has 3 heteroatoms. The monoisotopic (exact) mass is 291 g/mol. The van der Waals surface area contributed by atoms with Gasteiger partial charge in [0.2, 0.25) is 0 Å². The largest absolute Gasteiger partial charge is 0.493 e. The molecule has 1 heterocycles. The molecule has 0 bridgehead atoms. The Morgan fingerprint density at radius 3 is 2.62 bits per heavy atom. The van der Waals surface area contributed by atoms with Crippen LogP contribution in [0.1, 0.15) is 37.3 Å². The van der Waals surface area contributed by atoms with Gasteiger partial charge in [0.15, 0.2) is 0 Å². The Labute approximate surface area is 128 Å². The van der Waals surface area contributed by atoms with Gasteiger partial charge in [0, 0.05) is 13.0 Å². The van der Waals surface area contributed by atoms with E-state index in [-0.39, 0.29) is 6.10 Å². The number of piperidine rings is 1. The molecule has 1 atom stereocenters. The van der Waals surface area contributed by atoms with E-state index in [1.165, 1.54) is 24.0 Å². The Hall–Kier alpha value is -1.06. The normalized spacial score (nSPS) is 18.7. The van der Waals surface area contributed by atoms with Gasteiger partial charge in [-0.3, -0.25) is 0 Å². The lowest BCUT2D eigenvalue weighted by molar-refractivity contribution is 0.0754. The van der Waals surface area contributed by atoms with Crippen LogP contribution < -0.4 is 4.74 Å². The summed E-state index contributed by atoms with van der Waals surface area (Å²) in [7, 11) is 0. The minimum absolute atomic E-state index is 0.287. The molecule has 0 amide bonds. The van der Waals surface area contributed by atoms with E-state index in [0.717, 1.165) is 31.3 Å². The van der Waals surface area contributed by atoms with Gasteiger partial charge < -0.3 is 14.7 Å². The second-order valence-corrected chi connectivity index (χ2v) is 6.52. The minimum Gasteiger partial charge on any atom is -0.493 e. The van der Waals surface area contributed by atoms with Crippen molar-refractivity contribution in [3.63, 3.8) is 0 Å². The quantitative estimate of drug-likeness (QED) is 0.874. The van der Waals surface area contributed by atoms with Gasteiger partial charge in [-0.25, -0.2) is 0 Å². The van der Waals surface area contributed by atoms with Crippen LogP contribution in [-0.4, -0.2) is 42.4 Å². The Kier molecular flexibility index (Phi) is 6.07. The van der Waals surface area contributed by atoms with Crippen LogP contribution in [0.2, 0.25) is 0 Å². The zero-order chi connectivity index (χ0) is 15.2. The van der Waals surface area contributed by atoms with Crippen LogP contribution in [0.15, 0.2) is 18.2 Å². The highest BCUT2D eigenvalue weighted by atomic mass is 16.5. The molecule has 1 fully saturated rings. The van der Waals surface area contributed by atoms with Crippen LogP contribution in [0.3, 0.4) is 0 Å². The van der Waals surface area contributed by atoms with Gasteiger partial charge in [0.05, 0.1) is 12.7 Å². The highest BCUT2D eigenvalue weighted by molar-refractivity contribution is 5.33. The number of rotatable bonds is 6. The summed E-state index contributed by atoms with van der Waals surface area (Å²) in [6.45, 7) is 10.1. The molecule has 1 saturated heterocycles. The molecular formula is C18H29NO2. The van der Waals surface area contributed by atoms with Crippen molar-refractivity contribution in [2.45, 2.75) is 46.1 Å². The first kappa shape index (κ1) is 16.3. The SMILES string of the molecule is Cc1ccc(OCC[C@@H](O)CN2CCC(C)CC2)cc1C. The van der Waals surface area contributed by atoms with Crippen molar-refractivity contribution in [3.05, 3.63) is 29.3 Å². The smallest absolute Gasteiger partial charge is 0.119 e. The van der Waals surface area contributed by atoms with Gasteiger partial charge in [0.25, 0.3) is 0 Å². The number of aliphatic hydroxyl groups is 1. The molecule has 21 heavy (non-hydrogen) atoms. The van der Waals surface area contributed by atoms with E-state index in [0.29, 0.717) is 13.0 Å². The van der Waals surface area contributed by atoms with Crippen molar-refractivity contribution in [3.8, 4) is 5.75 Å². The van der Waals surface area contributed by atoms with Crippen LogP contribution >= 0.6 is 0 Å². The predicted molar refractivity (Wildman–Crippen MR) is 86.9 cm³/mol. The second-order valence-electron chi connectivity index (χ2n) is 6.52. The fraction of sp³-hybridized carbons (Fsp3) is 0.667. The molecular weight excluding hydrogens is 262 g/mol. The highest BCUT2D eigenvalue weighted by Gasteiger charge is 2.18. The molecule has 0 aliphatic carbocycles. The molecule has 3 nitrogen and oxygen atoms in total. The third-order valence-electron chi connectivity index (χ3n) is 4.54. The van der Waals surface area contributed by atoms with Crippen molar-refractivity contribution < 1.29 is 9.84 Å². The predicted octanol–water partition coefficient (Wildman–Crippen LogP) is 3.17. The molecule has 0 unspecified atom stereocenters. The number of benzene rings is 1. The maximum absolute atomic E-state index is 10.1. The van der Waals surface area contributed by atoms with Crippen molar-refractivity contribution >= 4 is 0 Å². The first-order valence-corrected chi connectivity index (χ1v) is 8.15. The Morgan fingerprint density at radius 1 is 1.24 bits per heavy atom. The third-order valence-corrected chi connectivity index (χ3v) is 4.54. The zero-order valence-electron chi connectivity index (χ0n) is 13.6.